The van der Waals surface area contributed by atoms with Crippen molar-refractivity contribution in [2.45, 2.75) is 19.8 Å². The van der Waals surface area contributed by atoms with Crippen molar-refractivity contribution in [2.24, 2.45) is 5.92 Å². The summed E-state index contributed by atoms with van der Waals surface area (Å²) in [5, 5.41) is 0. The van der Waals surface area contributed by atoms with Gasteiger partial charge in [-0.05, 0) is 18.8 Å². The molecule has 126 valence electrons. The van der Waals surface area contributed by atoms with Gasteiger partial charge in [0, 0.05) is 31.6 Å². The number of hydrogen-bond donors (Lipinski definition) is 1. The molecule has 0 saturated carbocycles. The number of aromatic amines is 1. The van der Waals surface area contributed by atoms with E-state index < -0.39 is 0 Å². The second-order valence-corrected chi connectivity index (χ2v) is 7.47. The van der Waals surface area contributed by atoms with Gasteiger partial charge in [0.05, 0.1) is 11.2 Å². The molecule has 1 fully saturated rings. The fourth-order valence-corrected chi connectivity index (χ4v) is 4.24. The van der Waals surface area contributed by atoms with E-state index in [9.17, 15) is 4.79 Å². The van der Waals surface area contributed by atoms with Crippen molar-refractivity contribution in [2.75, 3.05) is 30.3 Å². The molecule has 7 nitrogen and oxygen atoms in total. The molecule has 0 aliphatic carbocycles. The van der Waals surface area contributed by atoms with Crippen molar-refractivity contribution in [1.29, 1.82) is 0 Å². The van der Waals surface area contributed by atoms with E-state index in [0.29, 0.717) is 11.6 Å². The summed E-state index contributed by atoms with van der Waals surface area (Å²) in [7, 11) is 0. The number of nitrogens with one attached hydrogen (secondary N) is 1. The molecule has 0 aromatic carbocycles. The van der Waals surface area contributed by atoms with Crippen molar-refractivity contribution < 1.29 is 4.79 Å². The molecule has 0 spiro atoms. The second-order valence-electron chi connectivity index (χ2n) is 6.33. The van der Waals surface area contributed by atoms with E-state index in [0.717, 1.165) is 48.0 Å². The van der Waals surface area contributed by atoms with Crippen LogP contribution in [0.5, 0.6) is 0 Å². The number of likely N-dealkylation sites (tertiary alicyclic amines) is 1. The number of anilines is 1. The van der Waals surface area contributed by atoms with Crippen LogP contribution in [0.4, 0.5) is 5.82 Å². The highest BCUT2D eigenvalue weighted by molar-refractivity contribution is 8.04. The number of H-pyrrole nitrogens is 1. The van der Waals surface area contributed by atoms with Gasteiger partial charge in [0.2, 0.25) is 0 Å². The van der Waals surface area contributed by atoms with E-state index in [2.05, 4.69) is 26.9 Å². The minimum Gasteiger partial charge on any atom is -0.340 e. The summed E-state index contributed by atoms with van der Waals surface area (Å²) in [5.41, 5.74) is 1.45. The maximum Gasteiger partial charge on any atom is 0.261 e. The topological polar surface area (TPSA) is 78.0 Å². The molecule has 0 radical (unpaired) electrons. The molecule has 1 amide bonds. The Morgan fingerprint density at radius 1 is 1.33 bits per heavy atom. The Labute approximate surface area is 144 Å². The van der Waals surface area contributed by atoms with Gasteiger partial charge in [0.1, 0.15) is 11.8 Å². The van der Waals surface area contributed by atoms with Crippen LogP contribution < -0.4 is 4.90 Å². The molecule has 2 aromatic rings. The summed E-state index contributed by atoms with van der Waals surface area (Å²) in [5.74, 6) is 2.36. The van der Waals surface area contributed by atoms with Crippen LogP contribution in [-0.4, -0.2) is 56.1 Å². The van der Waals surface area contributed by atoms with E-state index in [-0.39, 0.29) is 5.91 Å². The SMILES string of the molecule is C[C@H]1CCCN(C(=O)C2=CN(c3ncnc4nc[nH]c34)CCS2)C1. The van der Waals surface area contributed by atoms with Gasteiger partial charge in [-0.3, -0.25) is 4.79 Å². The molecule has 1 saturated heterocycles. The van der Waals surface area contributed by atoms with E-state index in [1.807, 2.05) is 16.0 Å². The number of nitrogens with zero attached hydrogens (tertiary/aromatic N) is 5. The Hall–Kier alpha value is -2.09. The van der Waals surface area contributed by atoms with Crippen LogP contribution in [0.3, 0.4) is 0 Å². The number of imidazole rings is 1. The van der Waals surface area contributed by atoms with Crippen molar-refractivity contribution in [3.8, 4) is 0 Å². The van der Waals surface area contributed by atoms with Crippen LogP contribution in [0.25, 0.3) is 11.2 Å². The minimum atomic E-state index is 0.145. The number of piperidine rings is 1. The van der Waals surface area contributed by atoms with Gasteiger partial charge < -0.3 is 14.8 Å². The van der Waals surface area contributed by atoms with Crippen molar-refractivity contribution in [1.82, 2.24) is 24.8 Å². The first kappa shape index (κ1) is 15.4. The Balaban J connectivity index is 1.61. The van der Waals surface area contributed by atoms with Crippen LogP contribution in [-0.2, 0) is 4.79 Å². The van der Waals surface area contributed by atoms with Gasteiger partial charge in [-0.2, -0.15) is 0 Å². The molecule has 1 atom stereocenters. The monoisotopic (exact) mass is 344 g/mol. The first-order valence-corrected chi connectivity index (χ1v) is 9.25. The fourth-order valence-electron chi connectivity index (χ4n) is 3.28. The Kier molecular flexibility index (Phi) is 4.13. The number of thioether (sulfide) groups is 1. The number of aromatic nitrogens is 4. The maximum atomic E-state index is 12.8. The summed E-state index contributed by atoms with van der Waals surface area (Å²) in [6.45, 7) is 4.74. The van der Waals surface area contributed by atoms with Gasteiger partial charge in [-0.25, -0.2) is 15.0 Å². The highest BCUT2D eigenvalue weighted by Crippen LogP contribution is 2.30. The van der Waals surface area contributed by atoms with Crippen molar-refractivity contribution in [3.63, 3.8) is 0 Å². The van der Waals surface area contributed by atoms with E-state index >= 15 is 0 Å². The zero-order chi connectivity index (χ0) is 16.5. The Morgan fingerprint density at radius 3 is 3.12 bits per heavy atom. The number of fused-ring (bicyclic) bond motifs is 1. The molecule has 1 N–H and O–H groups in total. The molecular weight excluding hydrogens is 324 g/mol. The largest absolute Gasteiger partial charge is 0.340 e. The molecule has 24 heavy (non-hydrogen) atoms. The number of carbonyl (C=O) groups is 1. The summed E-state index contributed by atoms with van der Waals surface area (Å²) in [6, 6.07) is 0. The predicted octanol–water partition coefficient (Wildman–Crippen LogP) is 2.01. The van der Waals surface area contributed by atoms with Crippen LogP contribution >= 0.6 is 11.8 Å². The first-order valence-electron chi connectivity index (χ1n) is 8.27. The zero-order valence-corrected chi connectivity index (χ0v) is 14.4. The lowest BCUT2D eigenvalue weighted by molar-refractivity contribution is -0.128. The van der Waals surface area contributed by atoms with Gasteiger partial charge >= 0.3 is 0 Å². The molecule has 8 heteroatoms. The summed E-state index contributed by atoms with van der Waals surface area (Å²) in [4.78, 5) is 33.5. The average Bonchev–Trinajstić information content (AvgIpc) is 3.10. The Morgan fingerprint density at radius 2 is 2.25 bits per heavy atom. The normalized spacial score (nSPS) is 21.9. The van der Waals surface area contributed by atoms with Gasteiger partial charge in [0.25, 0.3) is 5.91 Å². The quantitative estimate of drug-likeness (QED) is 0.898. The third-order valence-electron chi connectivity index (χ3n) is 4.49. The highest BCUT2D eigenvalue weighted by atomic mass is 32.2. The van der Waals surface area contributed by atoms with E-state index in [4.69, 9.17) is 0 Å². The number of amides is 1. The number of carbonyl (C=O) groups excluding carboxylic acids is 1. The molecule has 2 aromatic heterocycles. The maximum absolute atomic E-state index is 12.8. The third-order valence-corrected chi connectivity index (χ3v) is 5.47. The van der Waals surface area contributed by atoms with Crippen molar-refractivity contribution >= 4 is 34.7 Å². The predicted molar refractivity (Wildman–Crippen MR) is 94.5 cm³/mol. The lowest BCUT2D eigenvalue weighted by atomic mass is 10.0. The summed E-state index contributed by atoms with van der Waals surface area (Å²) >= 11 is 1.63. The molecule has 0 bridgehead atoms. The molecule has 0 unspecified atom stereocenters. The minimum absolute atomic E-state index is 0.145. The molecule has 2 aliphatic heterocycles. The molecule has 4 rings (SSSR count). The lowest BCUT2D eigenvalue weighted by Gasteiger charge is -2.33. The number of hydrogen-bond acceptors (Lipinski definition) is 6. The van der Waals surface area contributed by atoms with Gasteiger partial charge in [0.15, 0.2) is 11.5 Å². The second kappa shape index (κ2) is 6.43. The smallest absolute Gasteiger partial charge is 0.261 e. The third kappa shape index (κ3) is 2.86. The highest BCUT2D eigenvalue weighted by Gasteiger charge is 2.27. The molecule has 4 heterocycles. The lowest BCUT2D eigenvalue weighted by Crippen LogP contribution is -2.40. The average molecular weight is 344 g/mol. The summed E-state index contributed by atoms with van der Waals surface area (Å²) in [6.07, 6.45) is 7.36. The van der Waals surface area contributed by atoms with Crippen LogP contribution in [0.15, 0.2) is 23.8 Å². The van der Waals surface area contributed by atoms with Gasteiger partial charge in [-0.15, -0.1) is 11.8 Å². The molecular formula is C16H20N6OS. The number of rotatable bonds is 2. The summed E-state index contributed by atoms with van der Waals surface area (Å²) < 4.78 is 0. The standard InChI is InChI=1S/C16H20N6OS/c1-11-3-2-4-22(7-11)16(23)12-8-21(5-6-24-12)15-13-14(18-9-17-13)19-10-20-15/h8-11H,2-7H2,1H3,(H,17,18,19,20)/t11-/m0/s1. The first-order chi connectivity index (χ1) is 11.7. The van der Waals surface area contributed by atoms with Crippen LogP contribution in [0.2, 0.25) is 0 Å². The van der Waals surface area contributed by atoms with Crippen molar-refractivity contribution in [3.05, 3.63) is 23.8 Å². The zero-order valence-electron chi connectivity index (χ0n) is 13.6. The van der Waals surface area contributed by atoms with E-state index in [1.54, 1.807) is 18.1 Å². The molecule has 2 aliphatic rings. The fraction of sp³-hybridized carbons (Fsp3) is 0.500. The van der Waals surface area contributed by atoms with Crippen LogP contribution in [0.1, 0.15) is 19.8 Å². The Bertz CT molecular complexity index is 788. The van der Waals surface area contributed by atoms with E-state index in [1.165, 1.54) is 12.7 Å². The van der Waals surface area contributed by atoms with Crippen LogP contribution in [0, 0.1) is 5.92 Å². The van der Waals surface area contributed by atoms with Gasteiger partial charge in [-0.1, -0.05) is 6.92 Å².